The van der Waals surface area contributed by atoms with E-state index in [0.29, 0.717) is 5.69 Å². The summed E-state index contributed by atoms with van der Waals surface area (Å²) in [4.78, 5) is 23.8. The molecule has 6 rings (SSSR count). The van der Waals surface area contributed by atoms with E-state index < -0.39 is 0 Å². The van der Waals surface area contributed by atoms with Crippen molar-refractivity contribution in [2.45, 2.75) is 0 Å². The molecule has 2 aromatic heterocycles. The van der Waals surface area contributed by atoms with E-state index in [2.05, 4.69) is 49.4 Å². The molecule has 32 heavy (non-hydrogen) atoms. The predicted octanol–water partition coefficient (Wildman–Crippen LogP) is 5.68. The molecular formula is C25H18BrN5O. The summed E-state index contributed by atoms with van der Waals surface area (Å²) in [5.41, 5.74) is 10.1. The van der Waals surface area contributed by atoms with Gasteiger partial charge in [-0.3, -0.25) is 4.79 Å². The third-order valence-corrected chi connectivity index (χ3v) is 6.33. The molecule has 0 saturated heterocycles. The van der Waals surface area contributed by atoms with Crippen LogP contribution in [0, 0.1) is 0 Å². The number of nitrogens with zero attached hydrogens (tertiary/aromatic N) is 1. The lowest BCUT2D eigenvalue weighted by molar-refractivity contribution is -0.114. The predicted molar refractivity (Wildman–Crippen MR) is 134 cm³/mol. The Bertz CT molecular complexity index is 1680. The first-order chi connectivity index (χ1) is 15.6. The molecule has 156 valence electrons. The number of hydrogen-bond acceptors (Lipinski definition) is 3. The molecule has 1 amide bonds. The molecule has 5 N–H and O–H groups in total. The molecule has 6 nitrogen and oxygen atoms in total. The number of aromatic nitrogens is 3. The summed E-state index contributed by atoms with van der Waals surface area (Å²) in [5, 5.41) is 8.22. The van der Waals surface area contributed by atoms with E-state index in [1.54, 1.807) is 0 Å². The van der Waals surface area contributed by atoms with Crippen LogP contribution in [0.2, 0.25) is 0 Å². The number of anilines is 1. The fourth-order valence-electron chi connectivity index (χ4n) is 4.38. The Balaban J connectivity index is 1.67. The highest BCUT2D eigenvalue weighted by Crippen LogP contribution is 2.38. The van der Waals surface area contributed by atoms with Gasteiger partial charge in [0.15, 0.2) is 0 Å². The lowest BCUT2D eigenvalue weighted by Crippen LogP contribution is -2.21. The molecule has 0 saturated carbocycles. The molecule has 6 aromatic rings. The van der Waals surface area contributed by atoms with Gasteiger partial charge in [0.25, 0.3) is 0 Å². The monoisotopic (exact) mass is 483 g/mol. The number of fused-ring (bicyclic) bond motifs is 7. The van der Waals surface area contributed by atoms with Crippen molar-refractivity contribution in [3.63, 3.8) is 0 Å². The molecule has 0 atom stereocenters. The lowest BCUT2D eigenvalue weighted by Gasteiger charge is -2.09. The maximum Gasteiger partial charge on any atom is 0.238 e. The summed E-state index contributed by atoms with van der Waals surface area (Å²) in [7, 11) is 0. The molecule has 4 aromatic carbocycles. The number of nitrogens with one attached hydrogen (secondary N) is 3. The van der Waals surface area contributed by atoms with E-state index >= 15 is 0 Å². The average Bonchev–Trinajstić information content (AvgIpc) is 3.43. The van der Waals surface area contributed by atoms with E-state index in [4.69, 9.17) is 10.7 Å². The highest BCUT2D eigenvalue weighted by atomic mass is 79.9. The Labute approximate surface area is 191 Å². The second kappa shape index (κ2) is 7.19. The van der Waals surface area contributed by atoms with Gasteiger partial charge in [-0.2, -0.15) is 0 Å². The van der Waals surface area contributed by atoms with Crippen molar-refractivity contribution < 1.29 is 4.79 Å². The molecule has 0 spiro atoms. The summed E-state index contributed by atoms with van der Waals surface area (Å²) < 4.78 is 1.01. The highest BCUT2D eigenvalue weighted by molar-refractivity contribution is 9.10. The molecular weight excluding hydrogens is 466 g/mol. The number of carbonyl (C=O) groups is 1. The van der Waals surface area contributed by atoms with Gasteiger partial charge in [0, 0.05) is 43.6 Å². The highest BCUT2D eigenvalue weighted by Gasteiger charge is 2.16. The number of nitrogens with two attached hydrogens (primary N) is 1. The first-order valence-corrected chi connectivity index (χ1v) is 11.0. The van der Waals surface area contributed by atoms with Gasteiger partial charge in [0.1, 0.15) is 5.82 Å². The number of imidazole rings is 1. The first kappa shape index (κ1) is 19.0. The minimum absolute atomic E-state index is 0.0617. The minimum atomic E-state index is -0.228. The van der Waals surface area contributed by atoms with Crippen LogP contribution in [0.5, 0.6) is 0 Å². The van der Waals surface area contributed by atoms with Gasteiger partial charge in [-0.05, 0) is 41.1 Å². The number of rotatable bonds is 3. The zero-order valence-corrected chi connectivity index (χ0v) is 18.5. The van der Waals surface area contributed by atoms with Gasteiger partial charge in [-0.1, -0.05) is 46.3 Å². The van der Waals surface area contributed by atoms with Crippen LogP contribution in [0.4, 0.5) is 5.69 Å². The van der Waals surface area contributed by atoms with Crippen molar-refractivity contribution in [1.82, 2.24) is 15.0 Å². The third kappa shape index (κ3) is 2.90. The van der Waals surface area contributed by atoms with Gasteiger partial charge < -0.3 is 21.0 Å². The van der Waals surface area contributed by atoms with Crippen LogP contribution in [0.1, 0.15) is 0 Å². The number of aromatic amines is 2. The van der Waals surface area contributed by atoms with Crippen molar-refractivity contribution in [3.8, 4) is 11.4 Å². The van der Waals surface area contributed by atoms with Crippen molar-refractivity contribution in [3.05, 3.63) is 71.3 Å². The third-order valence-electron chi connectivity index (χ3n) is 5.83. The van der Waals surface area contributed by atoms with Gasteiger partial charge in [-0.25, -0.2) is 4.98 Å². The molecule has 0 aliphatic rings. The molecule has 0 radical (unpaired) electrons. The van der Waals surface area contributed by atoms with Crippen LogP contribution in [-0.2, 0) is 4.79 Å². The summed E-state index contributed by atoms with van der Waals surface area (Å²) >= 11 is 3.57. The Morgan fingerprint density at radius 3 is 2.62 bits per heavy atom. The summed E-state index contributed by atoms with van der Waals surface area (Å²) in [5.74, 6) is 0.562. The Hall–Kier alpha value is -3.68. The van der Waals surface area contributed by atoms with E-state index in [0.717, 1.165) is 59.3 Å². The Morgan fingerprint density at radius 2 is 1.78 bits per heavy atom. The minimum Gasteiger partial charge on any atom is -0.360 e. The standard InChI is InChI=1S/C25H18BrN5O/c26-13-5-8-21-18(9-13)20(12-28-21)25-30-23-17-4-2-1-3-15(17)16-7-6-14(29-22(32)11-27)10-19(16)24(23)31-25/h1-10,12,28H,11,27H2,(H,29,32)(H,30,31). The maximum absolute atomic E-state index is 11.8. The zero-order chi connectivity index (χ0) is 21.8. The van der Waals surface area contributed by atoms with Crippen LogP contribution >= 0.6 is 15.9 Å². The number of halogens is 1. The molecule has 0 aliphatic heterocycles. The van der Waals surface area contributed by atoms with E-state index in [1.807, 2.05) is 48.7 Å². The fourth-order valence-corrected chi connectivity index (χ4v) is 4.74. The van der Waals surface area contributed by atoms with Crippen molar-refractivity contribution in [1.29, 1.82) is 0 Å². The number of H-pyrrole nitrogens is 2. The fraction of sp³-hybridized carbons (Fsp3) is 0.0400. The summed E-state index contributed by atoms with van der Waals surface area (Å²) in [6.07, 6.45) is 1.98. The Morgan fingerprint density at radius 1 is 0.969 bits per heavy atom. The van der Waals surface area contributed by atoms with E-state index in [9.17, 15) is 4.79 Å². The van der Waals surface area contributed by atoms with Crippen LogP contribution in [0.25, 0.3) is 54.9 Å². The second-order valence-electron chi connectivity index (χ2n) is 7.76. The molecule has 2 heterocycles. The Kier molecular flexibility index (Phi) is 4.28. The smallest absolute Gasteiger partial charge is 0.238 e. The van der Waals surface area contributed by atoms with Gasteiger partial charge in [-0.15, -0.1) is 0 Å². The summed E-state index contributed by atoms with van der Waals surface area (Å²) in [6.45, 7) is -0.0617. The topological polar surface area (TPSA) is 99.6 Å². The second-order valence-corrected chi connectivity index (χ2v) is 8.68. The van der Waals surface area contributed by atoms with Gasteiger partial charge in [0.05, 0.1) is 17.6 Å². The van der Waals surface area contributed by atoms with Crippen LogP contribution in [0.3, 0.4) is 0 Å². The van der Waals surface area contributed by atoms with E-state index in [1.165, 1.54) is 0 Å². The van der Waals surface area contributed by atoms with Crippen LogP contribution in [-0.4, -0.2) is 27.4 Å². The van der Waals surface area contributed by atoms with Crippen molar-refractivity contribution in [2.75, 3.05) is 11.9 Å². The van der Waals surface area contributed by atoms with Crippen molar-refractivity contribution in [2.24, 2.45) is 5.73 Å². The number of amides is 1. The first-order valence-electron chi connectivity index (χ1n) is 10.2. The molecule has 0 aliphatic carbocycles. The summed E-state index contributed by atoms with van der Waals surface area (Å²) in [6, 6.07) is 20.3. The normalized spacial score (nSPS) is 11.7. The molecule has 0 fully saturated rings. The molecule has 7 heteroatoms. The number of benzene rings is 4. The maximum atomic E-state index is 11.8. The number of carbonyl (C=O) groups excluding carboxylic acids is 1. The molecule has 0 unspecified atom stereocenters. The van der Waals surface area contributed by atoms with Gasteiger partial charge in [0.2, 0.25) is 5.91 Å². The average molecular weight is 484 g/mol. The molecule has 0 bridgehead atoms. The SMILES string of the molecule is NCC(=O)Nc1ccc2c3ccccc3c3[nH]c(-c4c[nH]c5ccc(Br)cc45)nc3c2c1. The van der Waals surface area contributed by atoms with Gasteiger partial charge >= 0.3 is 0 Å². The van der Waals surface area contributed by atoms with E-state index in [-0.39, 0.29) is 12.5 Å². The van der Waals surface area contributed by atoms with Crippen LogP contribution in [0.15, 0.2) is 71.3 Å². The van der Waals surface area contributed by atoms with Crippen molar-refractivity contribution >= 4 is 71.0 Å². The lowest BCUT2D eigenvalue weighted by atomic mass is 9.99. The number of hydrogen-bond donors (Lipinski definition) is 4. The quantitative estimate of drug-likeness (QED) is 0.243. The van der Waals surface area contributed by atoms with Crippen LogP contribution < -0.4 is 11.1 Å². The largest absolute Gasteiger partial charge is 0.360 e. The zero-order valence-electron chi connectivity index (χ0n) is 16.9.